The van der Waals surface area contributed by atoms with E-state index in [9.17, 15) is 4.79 Å². The van der Waals surface area contributed by atoms with Crippen molar-refractivity contribution < 1.29 is 9.53 Å². The minimum atomic E-state index is -0.462. The third-order valence-corrected chi connectivity index (χ3v) is 7.08. The number of likely N-dealkylation sites (tertiary alicyclic amines) is 1. The van der Waals surface area contributed by atoms with Gasteiger partial charge in [0.25, 0.3) is 5.91 Å². The van der Waals surface area contributed by atoms with Crippen LogP contribution in [0.2, 0.25) is 0 Å². The van der Waals surface area contributed by atoms with Crippen LogP contribution in [0.15, 0.2) is 43.6 Å². The van der Waals surface area contributed by atoms with E-state index in [4.69, 9.17) is 10.5 Å². The second-order valence-corrected chi connectivity index (χ2v) is 10.2. The van der Waals surface area contributed by atoms with Crippen molar-refractivity contribution in [1.29, 1.82) is 0 Å². The molecule has 0 radical (unpaired) electrons. The second kappa shape index (κ2) is 11.6. The summed E-state index contributed by atoms with van der Waals surface area (Å²) in [4.78, 5) is 29.2. The number of ether oxygens (including phenoxy) is 1. The molecule has 11 nitrogen and oxygen atoms in total. The predicted molar refractivity (Wildman–Crippen MR) is 152 cm³/mol. The number of anilines is 1. The summed E-state index contributed by atoms with van der Waals surface area (Å²) in [6.07, 6.45) is 10.4. The number of nitrogens with two attached hydrogens (primary N) is 1. The highest BCUT2D eigenvalue weighted by atomic mass is 16.5. The Morgan fingerprint density at radius 2 is 2.08 bits per heavy atom. The lowest BCUT2D eigenvalue weighted by molar-refractivity contribution is -0.111. The van der Waals surface area contributed by atoms with Crippen LogP contribution >= 0.6 is 0 Å². The molecule has 206 valence electrons. The Hall–Kier alpha value is -4.25. The van der Waals surface area contributed by atoms with E-state index in [1.807, 2.05) is 26.2 Å². The molecule has 0 saturated carbocycles. The molecule has 39 heavy (non-hydrogen) atoms. The van der Waals surface area contributed by atoms with Crippen LogP contribution in [-0.2, 0) is 11.8 Å². The number of aryl methyl sites for hydroxylation is 2. The molecule has 0 atom stereocenters. The summed E-state index contributed by atoms with van der Waals surface area (Å²) in [5.41, 5.74) is 10.5. The molecule has 3 aromatic heterocycles. The van der Waals surface area contributed by atoms with Gasteiger partial charge in [0.2, 0.25) is 5.88 Å². The first-order chi connectivity index (χ1) is 18.6. The highest BCUT2D eigenvalue weighted by Crippen LogP contribution is 2.28. The average molecular weight is 532 g/mol. The summed E-state index contributed by atoms with van der Waals surface area (Å²) >= 11 is 0. The van der Waals surface area contributed by atoms with E-state index in [1.165, 1.54) is 26.2 Å². The normalized spacial score (nSPS) is 15.3. The number of aromatic nitrogens is 5. The van der Waals surface area contributed by atoms with Crippen LogP contribution in [0.5, 0.6) is 5.88 Å². The number of carbonyl (C=O) groups is 1. The lowest BCUT2D eigenvalue weighted by Crippen LogP contribution is -2.41. The van der Waals surface area contributed by atoms with Gasteiger partial charge in [-0.3, -0.25) is 19.4 Å². The van der Waals surface area contributed by atoms with Gasteiger partial charge in [0.1, 0.15) is 5.69 Å². The van der Waals surface area contributed by atoms with Gasteiger partial charge in [-0.15, -0.1) is 0 Å². The van der Waals surface area contributed by atoms with Gasteiger partial charge in [0, 0.05) is 61.1 Å². The molecule has 3 aromatic rings. The molecular weight excluding hydrogens is 494 g/mol. The van der Waals surface area contributed by atoms with E-state index in [-0.39, 0.29) is 22.7 Å². The van der Waals surface area contributed by atoms with Gasteiger partial charge in [0.15, 0.2) is 0 Å². The zero-order valence-corrected chi connectivity index (χ0v) is 23.3. The summed E-state index contributed by atoms with van der Waals surface area (Å²) in [5, 5.41) is 10.5. The first kappa shape index (κ1) is 27.8. The van der Waals surface area contributed by atoms with Crippen LogP contribution in [0.25, 0.3) is 22.5 Å². The van der Waals surface area contributed by atoms with Crippen LogP contribution in [0.3, 0.4) is 0 Å². The van der Waals surface area contributed by atoms with Crippen LogP contribution in [0.4, 0.5) is 5.69 Å². The van der Waals surface area contributed by atoms with Gasteiger partial charge in [-0.05, 0) is 46.2 Å². The summed E-state index contributed by atoms with van der Waals surface area (Å²) < 4.78 is 7.11. The van der Waals surface area contributed by atoms with Gasteiger partial charge in [0.05, 0.1) is 42.2 Å². The number of nitrogens with zero attached hydrogens (tertiary/aromatic N) is 6. The van der Waals surface area contributed by atoms with E-state index in [1.54, 1.807) is 23.3 Å². The number of pyridine rings is 1. The van der Waals surface area contributed by atoms with Crippen molar-refractivity contribution in [1.82, 2.24) is 34.9 Å². The molecule has 1 amide bonds. The van der Waals surface area contributed by atoms with Crippen LogP contribution in [0.1, 0.15) is 43.6 Å². The molecule has 1 fully saturated rings. The molecule has 0 aromatic carbocycles. The predicted octanol–water partition coefficient (Wildman–Crippen LogP) is 2.96. The zero-order valence-electron chi connectivity index (χ0n) is 23.3. The van der Waals surface area contributed by atoms with Gasteiger partial charge >= 0.3 is 0 Å². The largest absolute Gasteiger partial charge is 0.479 e. The Balaban J connectivity index is 1.46. The highest BCUT2D eigenvalue weighted by molar-refractivity contribution is 6.25. The maximum absolute atomic E-state index is 13.3. The smallest absolute Gasteiger partial charge is 0.259 e. The van der Waals surface area contributed by atoms with Crippen LogP contribution < -0.4 is 21.1 Å². The fourth-order valence-corrected chi connectivity index (χ4v) is 4.69. The fraction of sp³-hybridized carbons (Fsp3) is 0.393. The molecule has 0 bridgehead atoms. The molecule has 1 aliphatic rings. The number of hydrogen-bond acceptors (Lipinski definition) is 9. The van der Waals surface area contributed by atoms with Crippen molar-refractivity contribution in [3.63, 3.8) is 0 Å². The Labute approximate surface area is 229 Å². The van der Waals surface area contributed by atoms with E-state index >= 15 is 0 Å². The number of rotatable bonds is 10. The average Bonchev–Trinajstić information content (AvgIpc) is 3.50. The first-order valence-electron chi connectivity index (χ1n) is 12.9. The minimum absolute atomic E-state index is 0.118. The number of hydrogen-bond donors (Lipinski definition) is 3. The van der Waals surface area contributed by atoms with Crippen molar-refractivity contribution in [2.45, 2.75) is 39.2 Å². The van der Waals surface area contributed by atoms with Gasteiger partial charge in [-0.2, -0.15) is 5.10 Å². The molecular formula is C28H37N9O2. The molecule has 4 rings (SSSR count). The third kappa shape index (κ3) is 6.26. The van der Waals surface area contributed by atoms with Gasteiger partial charge in [-0.25, -0.2) is 9.97 Å². The van der Waals surface area contributed by atoms with Crippen molar-refractivity contribution in [2.75, 3.05) is 32.1 Å². The lowest BCUT2D eigenvalue weighted by atomic mass is 10.0. The lowest BCUT2D eigenvalue weighted by Gasteiger charge is -2.31. The third-order valence-electron chi connectivity index (χ3n) is 7.08. The molecule has 0 unspecified atom stereocenters. The zero-order chi connectivity index (χ0) is 28.2. The van der Waals surface area contributed by atoms with E-state index < -0.39 is 5.91 Å². The molecule has 4 heterocycles. The maximum atomic E-state index is 13.3. The number of carbonyl (C=O) groups excluding carboxylic acids is 1. The monoisotopic (exact) mass is 531 g/mol. The van der Waals surface area contributed by atoms with Crippen molar-refractivity contribution in [3.05, 3.63) is 60.6 Å². The number of nitrogens with one attached hydrogen (secondary N) is 2. The Morgan fingerprint density at radius 3 is 2.72 bits per heavy atom. The number of methoxy groups -OCH3 is 1. The summed E-state index contributed by atoms with van der Waals surface area (Å²) in [6, 6.07) is 1.85. The summed E-state index contributed by atoms with van der Waals surface area (Å²) in [5.74, 6) is -0.290. The highest BCUT2D eigenvalue weighted by Gasteiger charge is 2.31. The second-order valence-electron chi connectivity index (χ2n) is 10.2. The van der Waals surface area contributed by atoms with Crippen molar-refractivity contribution >= 4 is 22.9 Å². The summed E-state index contributed by atoms with van der Waals surface area (Å²) in [6.45, 7) is 13.4. The standard InChI is InChI=1S/C28H37N9O2/c1-18(30-9-11-37-10-7-8-28(37,3)4)20-12-23(19(2)31-14-20)34-26(38)22(13-29)25-27(39-6)35-24(16-32-25)21-15-33-36(5)17-21/h12-17,30H,1,7-11,29H2,2-6H3,(H,34,38)/b22-13+. The van der Waals surface area contributed by atoms with E-state index in [2.05, 4.69) is 56.0 Å². The molecule has 4 N–H and O–H groups in total. The molecule has 1 aliphatic heterocycles. The van der Waals surface area contributed by atoms with Crippen LogP contribution in [0, 0.1) is 6.92 Å². The Bertz CT molecular complexity index is 1390. The Morgan fingerprint density at radius 1 is 1.28 bits per heavy atom. The molecule has 0 aliphatic carbocycles. The number of amides is 1. The molecule has 0 spiro atoms. The van der Waals surface area contributed by atoms with Gasteiger partial charge < -0.3 is 21.1 Å². The van der Waals surface area contributed by atoms with Crippen molar-refractivity contribution in [3.8, 4) is 17.1 Å². The van der Waals surface area contributed by atoms with E-state index in [0.717, 1.165) is 36.5 Å². The fourth-order valence-electron chi connectivity index (χ4n) is 4.69. The molecule has 1 saturated heterocycles. The first-order valence-corrected chi connectivity index (χ1v) is 12.9. The SMILES string of the molecule is C=C(NCCN1CCCC1(C)C)c1cnc(C)c(NC(=O)/C(=C/N)c2ncc(-c3cnn(C)c3)nc2OC)c1. The minimum Gasteiger partial charge on any atom is -0.479 e. The van der Waals surface area contributed by atoms with Crippen molar-refractivity contribution in [2.24, 2.45) is 12.8 Å². The van der Waals surface area contributed by atoms with E-state index in [0.29, 0.717) is 17.1 Å². The topological polar surface area (TPSA) is 136 Å². The quantitative estimate of drug-likeness (QED) is 0.337. The van der Waals surface area contributed by atoms with Gasteiger partial charge in [-0.1, -0.05) is 6.58 Å². The molecule has 11 heteroatoms. The Kier molecular flexibility index (Phi) is 8.29. The maximum Gasteiger partial charge on any atom is 0.259 e. The van der Waals surface area contributed by atoms with Crippen LogP contribution in [-0.4, -0.2) is 67.8 Å². The summed E-state index contributed by atoms with van der Waals surface area (Å²) in [7, 11) is 3.28.